The standard InChI is InChI=1S/C32H64O14Si/c1-32(2,3)47(4,5)46-29-27-44-25-23-42-21-19-40-17-15-38-13-11-36-10-12-37-14-16-39-18-20-41-22-24-43-26-28-45-31(35)9-7-6-8-30(33)34/h6-29H2,1-5H3,(H,33,34). The van der Waals surface area contributed by atoms with Crippen LogP contribution in [0.2, 0.25) is 18.1 Å². The van der Waals surface area contributed by atoms with Gasteiger partial charge in [-0.1, -0.05) is 20.8 Å². The Kier molecular flexibility index (Phi) is 31.1. The Hall–Kier alpha value is -1.24. The van der Waals surface area contributed by atoms with Gasteiger partial charge in [-0.2, -0.15) is 0 Å². The summed E-state index contributed by atoms with van der Waals surface area (Å²) in [6, 6.07) is 0. The highest BCUT2D eigenvalue weighted by Crippen LogP contribution is 2.36. The third kappa shape index (κ3) is 33.0. The van der Waals surface area contributed by atoms with Crippen LogP contribution in [0.25, 0.3) is 0 Å². The fourth-order valence-corrected chi connectivity index (χ4v) is 4.29. The lowest BCUT2D eigenvalue weighted by molar-refractivity contribution is -0.146. The van der Waals surface area contributed by atoms with Crippen LogP contribution in [0.4, 0.5) is 0 Å². The predicted octanol–water partition coefficient (Wildman–Crippen LogP) is 3.35. The number of aliphatic carboxylic acids is 1. The highest BCUT2D eigenvalue weighted by molar-refractivity contribution is 6.74. The fraction of sp³-hybridized carbons (Fsp3) is 0.938. The van der Waals surface area contributed by atoms with Crippen molar-refractivity contribution in [2.24, 2.45) is 0 Å². The van der Waals surface area contributed by atoms with Crippen LogP contribution >= 0.6 is 0 Å². The van der Waals surface area contributed by atoms with Crippen LogP contribution < -0.4 is 0 Å². The molecule has 0 aliphatic heterocycles. The molecule has 0 saturated carbocycles. The summed E-state index contributed by atoms with van der Waals surface area (Å²) in [4.78, 5) is 21.9. The van der Waals surface area contributed by atoms with Gasteiger partial charge in [0.1, 0.15) is 6.61 Å². The Bertz CT molecular complexity index is 720. The van der Waals surface area contributed by atoms with Gasteiger partial charge in [0.15, 0.2) is 8.32 Å². The molecule has 47 heavy (non-hydrogen) atoms. The third-order valence-corrected chi connectivity index (χ3v) is 11.5. The fourth-order valence-electron chi connectivity index (χ4n) is 3.27. The van der Waals surface area contributed by atoms with Gasteiger partial charge in [-0.05, 0) is 31.0 Å². The van der Waals surface area contributed by atoms with Crippen LogP contribution in [0.5, 0.6) is 0 Å². The van der Waals surface area contributed by atoms with Gasteiger partial charge in [-0.3, -0.25) is 9.59 Å². The van der Waals surface area contributed by atoms with Crippen molar-refractivity contribution in [1.29, 1.82) is 0 Å². The molecular weight excluding hydrogens is 636 g/mol. The zero-order valence-electron chi connectivity index (χ0n) is 29.7. The molecule has 0 spiro atoms. The zero-order chi connectivity index (χ0) is 34.9. The number of carbonyl (C=O) groups excluding carboxylic acids is 1. The normalized spacial score (nSPS) is 12.1. The number of carboxylic acids is 1. The third-order valence-electron chi connectivity index (χ3n) is 6.99. The number of unbranched alkanes of at least 4 members (excludes halogenated alkanes) is 1. The van der Waals surface area contributed by atoms with Gasteiger partial charge in [0.2, 0.25) is 0 Å². The van der Waals surface area contributed by atoms with Crippen molar-refractivity contribution in [2.45, 2.75) is 64.6 Å². The smallest absolute Gasteiger partial charge is 0.305 e. The van der Waals surface area contributed by atoms with E-state index in [-0.39, 0.29) is 37.1 Å². The molecule has 0 saturated heterocycles. The number of carbonyl (C=O) groups is 2. The summed E-state index contributed by atoms with van der Waals surface area (Å²) in [5.41, 5.74) is 0. The molecule has 0 atom stereocenters. The van der Waals surface area contributed by atoms with Crippen LogP contribution in [0.15, 0.2) is 0 Å². The maximum atomic E-state index is 11.5. The first-order valence-corrected chi connectivity index (χ1v) is 19.7. The molecule has 0 aromatic heterocycles. The Morgan fingerprint density at radius 2 is 0.745 bits per heavy atom. The lowest BCUT2D eigenvalue weighted by atomic mass is 10.2. The van der Waals surface area contributed by atoms with Crippen molar-refractivity contribution in [3.63, 3.8) is 0 Å². The Morgan fingerprint density at radius 1 is 0.468 bits per heavy atom. The Morgan fingerprint density at radius 3 is 1.04 bits per heavy atom. The monoisotopic (exact) mass is 700 g/mol. The van der Waals surface area contributed by atoms with Crippen molar-refractivity contribution in [2.75, 3.05) is 132 Å². The van der Waals surface area contributed by atoms with Crippen LogP contribution in [-0.2, 0) is 61.4 Å². The minimum atomic E-state index is -1.71. The highest BCUT2D eigenvalue weighted by atomic mass is 28.4. The van der Waals surface area contributed by atoms with E-state index in [9.17, 15) is 9.59 Å². The second kappa shape index (κ2) is 32.0. The van der Waals surface area contributed by atoms with Gasteiger partial charge in [0, 0.05) is 12.8 Å². The van der Waals surface area contributed by atoms with E-state index in [1.807, 2.05) is 0 Å². The molecule has 0 bridgehead atoms. The molecule has 0 unspecified atom stereocenters. The van der Waals surface area contributed by atoms with Gasteiger partial charge in [-0.15, -0.1) is 0 Å². The van der Waals surface area contributed by atoms with Crippen molar-refractivity contribution in [1.82, 2.24) is 0 Å². The molecular formula is C32H64O14Si. The summed E-state index contributed by atoms with van der Waals surface area (Å²) >= 11 is 0. The van der Waals surface area contributed by atoms with Gasteiger partial charge >= 0.3 is 11.9 Å². The van der Waals surface area contributed by atoms with Crippen molar-refractivity contribution >= 4 is 20.3 Å². The lowest BCUT2D eigenvalue weighted by Crippen LogP contribution is -2.41. The van der Waals surface area contributed by atoms with E-state index in [1.54, 1.807) is 0 Å². The number of ether oxygens (including phenoxy) is 10. The largest absolute Gasteiger partial charge is 0.481 e. The average Bonchev–Trinajstić information content (AvgIpc) is 3.01. The van der Waals surface area contributed by atoms with E-state index in [0.717, 1.165) is 0 Å². The molecule has 0 aromatic rings. The quantitative estimate of drug-likeness (QED) is 0.0577. The van der Waals surface area contributed by atoms with Gasteiger partial charge in [0.05, 0.1) is 126 Å². The molecule has 0 rings (SSSR count). The topological polar surface area (TPSA) is 156 Å². The SMILES string of the molecule is CC(C)(C)[Si](C)(C)OCCOCCOCCOCCOCCOCCOCCOCCOCCOCCOC(=O)CCCCC(=O)O. The first-order valence-electron chi connectivity index (χ1n) is 16.8. The maximum absolute atomic E-state index is 11.5. The molecule has 280 valence electrons. The van der Waals surface area contributed by atoms with Gasteiger partial charge in [-0.25, -0.2) is 0 Å². The average molecular weight is 701 g/mol. The minimum Gasteiger partial charge on any atom is -0.481 e. The number of rotatable bonds is 36. The zero-order valence-corrected chi connectivity index (χ0v) is 30.7. The summed E-state index contributed by atoms with van der Waals surface area (Å²) in [6.45, 7) is 20.5. The number of carboxylic acid groups (broad SMARTS) is 1. The van der Waals surface area contributed by atoms with Crippen LogP contribution in [-0.4, -0.2) is 158 Å². The lowest BCUT2D eigenvalue weighted by Gasteiger charge is -2.36. The van der Waals surface area contributed by atoms with Crippen molar-refractivity contribution in [3.8, 4) is 0 Å². The van der Waals surface area contributed by atoms with E-state index in [2.05, 4.69) is 33.9 Å². The summed E-state index contributed by atoms with van der Waals surface area (Å²) in [5.74, 6) is -1.21. The molecule has 0 heterocycles. The van der Waals surface area contributed by atoms with Crippen molar-refractivity contribution < 1.29 is 66.5 Å². The molecule has 1 N–H and O–H groups in total. The maximum Gasteiger partial charge on any atom is 0.305 e. The molecule has 0 amide bonds. The van der Waals surface area contributed by atoms with E-state index in [0.29, 0.717) is 132 Å². The molecule has 14 nitrogen and oxygen atoms in total. The van der Waals surface area contributed by atoms with E-state index < -0.39 is 14.3 Å². The van der Waals surface area contributed by atoms with Gasteiger partial charge < -0.3 is 56.9 Å². The second-order valence-corrected chi connectivity index (χ2v) is 16.8. The Labute approximate surface area is 283 Å². The summed E-state index contributed by atoms with van der Waals surface area (Å²) in [5, 5.41) is 8.76. The molecule has 0 aliphatic carbocycles. The molecule has 0 fully saturated rings. The van der Waals surface area contributed by atoms with Crippen LogP contribution in [0.1, 0.15) is 46.5 Å². The second-order valence-electron chi connectivity index (χ2n) is 11.9. The van der Waals surface area contributed by atoms with E-state index >= 15 is 0 Å². The molecule has 0 radical (unpaired) electrons. The predicted molar refractivity (Wildman–Crippen MR) is 178 cm³/mol. The molecule has 0 aliphatic rings. The summed E-state index contributed by atoms with van der Waals surface area (Å²) < 4.78 is 60.3. The summed E-state index contributed by atoms with van der Waals surface area (Å²) in [7, 11) is -1.71. The Balaban J connectivity index is 3.17. The highest BCUT2D eigenvalue weighted by Gasteiger charge is 2.36. The number of hydrogen-bond donors (Lipinski definition) is 1. The number of esters is 1. The van der Waals surface area contributed by atoms with Crippen LogP contribution in [0.3, 0.4) is 0 Å². The van der Waals surface area contributed by atoms with Crippen molar-refractivity contribution in [3.05, 3.63) is 0 Å². The van der Waals surface area contributed by atoms with E-state index in [4.69, 9.17) is 56.9 Å². The minimum absolute atomic E-state index is 0.0613. The first kappa shape index (κ1) is 45.8. The molecule has 15 heteroatoms. The van der Waals surface area contributed by atoms with E-state index in [1.165, 1.54) is 0 Å². The summed E-state index contributed by atoms with van der Waals surface area (Å²) in [6.07, 6.45) is 1.24. The van der Waals surface area contributed by atoms with Gasteiger partial charge in [0.25, 0.3) is 0 Å². The number of hydrogen-bond acceptors (Lipinski definition) is 13. The molecule has 0 aromatic carbocycles. The van der Waals surface area contributed by atoms with Crippen LogP contribution in [0, 0.1) is 0 Å². The first-order chi connectivity index (χ1) is 22.6.